The molecule has 0 aromatic heterocycles. The predicted octanol–water partition coefficient (Wildman–Crippen LogP) is 1.69. The molecule has 1 aromatic carbocycles. The molecule has 0 spiro atoms. The summed E-state index contributed by atoms with van der Waals surface area (Å²) in [4.78, 5) is 46.9. The Morgan fingerprint density at radius 3 is 2.74 bits per heavy atom. The van der Waals surface area contributed by atoms with Crippen LogP contribution in [0, 0.1) is 0 Å². The van der Waals surface area contributed by atoms with Gasteiger partial charge >= 0.3 is 5.97 Å². The van der Waals surface area contributed by atoms with E-state index in [4.69, 9.17) is 5.11 Å². The van der Waals surface area contributed by atoms with Gasteiger partial charge in [0.2, 0.25) is 5.91 Å². The Morgan fingerprint density at radius 1 is 1.35 bits per heavy atom. The molecular weight excluding hydrogens is 388 g/mol. The van der Waals surface area contributed by atoms with E-state index in [0.717, 1.165) is 26.7 Å². The zero-order valence-electron chi connectivity index (χ0n) is 11.6. The molecule has 1 fully saturated rings. The highest BCUT2D eigenvalue weighted by atomic mass is 79.9. The number of hydrogen-bond donors (Lipinski definition) is 2. The summed E-state index contributed by atoms with van der Waals surface area (Å²) in [6, 6.07) is 7.18. The fourth-order valence-corrected chi connectivity index (χ4v) is 3.01. The number of halogens is 1. The first kappa shape index (κ1) is 17.2. The van der Waals surface area contributed by atoms with E-state index in [2.05, 4.69) is 21.2 Å². The van der Waals surface area contributed by atoms with Crippen molar-refractivity contribution in [2.45, 2.75) is 0 Å². The third-order valence-corrected chi connectivity index (χ3v) is 4.16. The van der Waals surface area contributed by atoms with Gasteiger partial charge in [-0.15, -0.1) is 0 Å². The maximum atomic E-state index is 12.2. The number of carboxylic acids is 1. The van der Waals surface area contributed by atoms with Gasteiger partial charge in [-0.1, -0.05) is 28.1 Å². The molecule has 1 aliphatic heterocycles. The number of benzene rings is 1. The van der Waals surface area contributed by atoms with Gasteiger partial charge in [-0.3, -0.25) is 24.1 Å². The van der Waals surface area contributed by atoms with Crippen LogP contribution in [0.4, 0.5) is 4.79 Å². The lowest BCUT2D eigenvalue weighted by molar-refractivity contribution is -0.138. The molecule has 0 atom stereocenters. The van der Waals surface area contributed by atoms with Crippen LogP contribution in [-0.2, 0) is 14.4 Å². The zero-order valence-corrected chi connectivity index (χ0v) is 14.0. The summed E-state index contributed by atoms with van der Waals surface area (Å²) in [6.07, 6.45) is 1.56. The number of hydrogen-bond acceptors (Lipinski definition) is 5. The Morgan fingerprint density at radius 2 is 2.09 bits per heavy atom. The van der Waals surface area contributed by atoms with Crippen LogP contribution in [0.1, 0.15) is 5.56 Å². The Kier molecular flexibility index (Phi) is 5.56. The summed E-state index contributed by atoms with van der Waals surface area (Å²) in [6.45, 7) is -1.07. The molecular formula is C14H11BrN2O5S. The fraction of sp³-hybridized carbons (Fsp3) is 0.143. The number of imide groups is 1. The second-order valence-electron chi connectivity index (χ2n) is 4.49. The fourth-order valence-electron chi connectivity index (χ4n) is 1.76. The van der Waals surface area contributed by atoms with E-state index in [0.29, 0.717) is 0 Å². The van der Waals surface area contributed by atoms with Crippen LogP contribution in [0.15, 0.2) is 33.6 Å². The molecule has 1 aliphatic rings. The number of carbonyl (C=O) groups is 4. The average molecular weight is 399 g/mol. The Hall–Kier alpha value is -2.13. The molecule has 1 saturated heterocycles. The van der Waals surface area contributed by atoms with Crippen molar-refractivity contribution in [1.82, 2.24) is 10.2 Å². The summed E-state index contributed by atoms with van der Waals surface area (Å²) >= 11 is 4.05. The maximum absolute atomic E-state index is 12.2. The summed E-state index contributed by atoms with van der Waals surface area (Å²) in [7, 11) is 0. The van der Waals surface area contributed by atoms with E-state index in [1.165, 1.54) is 0 Å². The summed E-state index contributed by atoms with van der Waals surface area (Å²) < 4.78 is 0.832. The van der Waals surface area contributed by atoms with Crippen molar-refractivity contribution in [3.05, 3.63) is 39.2 Å². The van der Waals surface area contributed by atoms with Crippen LogP contribution in [-0.4, -0.2) is 46.1 Å². The third-order valence-electron chi connectivity index (χ3n) is 2.76. The van der Waals surface area contributed by atoms with E-state index in [9.17, 15) is 19.2 Å². The number of thioether (sulfide) groups is 1. The van der Waals surface area contributed by atoms with E-state index < -0.39 is 36.1 Å². The molecule has 3 amide bonds. The lowest BCUT2D eigenvalue weighted by atomic mass is 10.2. The van der Waals surface area contributed by atoms with E-state index in [1.54, 1.807) is 24.3 Å². The highest BCUT2D eigenvalue weighted by Gasteiger charge is 2.36. The smallest absolute Gasteiger partial charge is 0.322 e. The Bertz CT molecular complexity index is 719. The molecule has 120 valence electrons. The Labute approximate surface area is 143 Å². The van der Waals surface area contributed by atoms with Crippen molar-refractivity contribution in [2.24, 2.45) is 0 Å². The zero-order chi connectivity index (χ0) is 17.0. The van der Waals surface area contributed by atoms with Gasteiger partial charge in [-0.2, -0.15) is 0 Å². The average Bonchev–Trinajstić information content (AvgIpc) is 2.73. The standard InChI is InChI=1S/C14H11BrN2O5S/c15-9-3-1-2-8(4-9)5-10-13(21)17(14(22)23-10)7-11(18)16-6-12(19)20/h1-5H,6-7H2,(H,16,18)(H,19,20)/b10-5-. The number of aliphatic carboxylic acids is 1. The number of rotatable bonds is 5. The van der Waals surface area contributed by atoms with E-state index in [1.807, 2.05) is 6.07 Å². The lowest BCUT2D eigenvalue weighted by Gasteiger charge is -2.11. The number of nitrogens with zero attached hydrogens (tertiary/aromatic N) is 1. The largest absolute Gasteiger partial charge is 0.480 e. The van der Waals surface area contributed by atoms with E-state index >= 15 is 0 Å². The summed E-state index contributed by atoms with van der Waals surface area (Å²) in [5, 5.41) is 10.0. The van der Waals surface area contributed by atoms with Crippen LogP contribution in [0.2, 0.25) is 0 Å². The van der Waals surface area contributed by atoms with Crippen LogP contribution in [0.25, 0.3) is 6.08 Å². The molecule has 23 heavy (non-hydrogen) atoms. The van der Waals surface area contributed by atoms with Gasteiger partial charge in [0.25, 0.3) is 11.1 Å². The molecule has 1 heterocycles. The molecule has 0 saturated carbocycles. The minimum Gasteiger partial charge on any atom is -0.480 e. The Balaban J connectivity index is 2.08. The first-order valence-electron chi connectivity index (χ1n) is 6.36. The number of carboxylic acid groups (broad SMARTS) is 1. The first-order valence-corrected chi connectivity index (χ1v) is 7.97. The number of carbonyl (C=O) groups excluding carboxylic acids is 3. The van der Waals surface area contributed by atoms with Crippen LogP contribution < -0.4 is 5.32 Å². The van der Waals surface area contributed by atoms with E-state index in [-0.39, 0.29) is 4.91 Å². The minimum atomic E-state index is -1.21. The molecule has 9 heteroatoms. The van der Waals surface area contributed by atoms with Crippen molar-refractivity contribution in [1.29, 1.82) is 0 Å². The topological polar surface area (TPSA) is 104 Å². The molecule has 2 N–H and O–H groups in total. The molecule has 0 aliphatic carbocycles. The first-order chi connectivity index (χ1) is 10.9. The molecule has 0 bridgehead atoms. The number of amides is 3. The van der Waals surface area contributed by atoms with Gasteiger partial charge in [0.05, 0.1) is 4.91 Å². The molecule has 2 rings (SSSR count). The summed E-state index contributed by atoms with van der Waals surface area (Å²) in [5.41, 5.74) is 0.736. The molecule has 7 nitrogen and oxygen atoms in total. The lowest BCUT2D eigenvalue weighted by Crippen LogP contribution is -2.41. The molecule has 1 aromatic rings. The number of nitrogens with one attached hydrogen (secondary N) is 1. The van der Waals surface area contributed by atoms with Crippen molar-refractivity contribution in [3.63, 3.8) is 0 Å². The predicted molar refractivity (Wildman–Crippen MR) is 87.5 cm³/mol. The summed E-state index contributed by atoms with van der Waals surface area (Å²) in [5.74, 6) is -2.49. The van der Waals surface area contributed by atoms with Crippen molar-refractivity contribution in [3.8, 4) is 0 Å². The van der Waals surface area contributed by atoms with Crippen LogP contribution in [0.5, 0.6) is 0 Å². The normalized spacial score (nSPS) is 16.0. The molecule has 0 radical (unpaired) electrons. The molecule has 0 unspecified atom stereocenters. The van der Waals surface area contributed by atoms with Crippen molar-refractivity contribution < 1.29 is 24.3 Å². The minimum absolute atomic E-state index is 0.208. The van der Waals surface area contributed by atoms with Gasteiger partial charge in [0.1, 0.15) is 13.1 Å². The van der Waals surface area contributed by atoms with Crippen molar-refractivity contribution >= 4 is 56.8 Å². The van der Waals surface area contributed by atoms with Gasteiger partial charge in [0, 0.05) is 4.47 Å². The van der Waals surface area contributed by atoms with Gasteiger partial charge in [0.15, 0.2) is 0 Å². The van der Waals surface area contributed by atoms with Crippen molar-refractivity contribution in [2.75, 3.05) is 13.1 Å². The van der Waals surface area contributed by atoms with Crippen LogP contribution in [0.3, 0.4) is 0 Å². The monoisotopic (exact) mass is 398 g/mol. The highest BCUT2D eigenvalue weighted by Crippen LogP contribution is 2.32. The SMILES string of the molecule is O=C(O)CNC(=O)CN1C(=O)S/C(=C\c2cccc(Br)c2)C1=O. The second kappa shape index (κ2) is 7.42. The third kappa shape index (κ3) is 4.67. The highest BCUT2D eigenvalue weighted by molar-refractivity contribution is 9.10. The van der Waals surface area contributed by atoms with Gasteiger partial charge < -0.3 is 10.4 Å². The van der Waals surface area contributed by atoms with Crippen LogP contribution >= 0.6 is 27.7 Å². The van der Waals surface area contributed by atoms with Gasteiger partial charge in [-0.25, -0.2) is 0 Å². The van der Waals surface area contributed by atoms with Gasteiger partial charge in [-0.05, 0) is 35.5 Å². The second-order valence-corrected chi connectivity index (χ2v) is 6.40. The quantitative estimate of drug-likeness (QED) is 0.731. The maximum Gasteiger partial charge on any atom is 0.322 e.